The molecule has 0 saturated heterocycles. The lowest BCUT2D eigenvalue weighted by atomic mass is 9.90. The first-order valence-electron chi connectivity index (χ1n) is 23.5. The minimum Gasteiger partial charge on any atom is -0.462 e. The van der Waals surface area contributed by atoms with E-state index in [0.717, 1.165) is 24.3 Å². The van der Waals surface area contributed by atoms with E-state index >= 15 is 0 Å². The summed E-state index contributed by atoms with van der Waals surface area (Å²) < 4.78 is 66.7. The van der Waals surface area contributed by atoms with Crippen LogP contribution in [0.1, 0.15) is 102 Å². The molecule has 31 heteroatoms. The van der Waals surface area contributed by atoms with Crippen LogP contribution in [0.3, 0.4) is 0 Å². The maximum atomic E-state index is 13.2. The summed E-state index contributed by atoms with van der Waals surface area (Å²) in [7, 11) is 0. The highest BCUT2D eigenvalue weighted by Crippen LogP contribution is 2.26. The lowest BCUT2D eigenvalue weighted by molar-refractivity contribution is -0.183. The zero-order valence-corrected chi connectivity index (χ0v) is 43.4. The van der Waals surface area contributed by atoms with Crippen molar-refractivity contribution in [3.05, 3.63) is 50.6 Å². The molecular weight excluding hydrogens is 1210 g/mol. The van der Waals surface area contributed by atoms with E-state index < -0.39 is 175 Å². The largest absolute Gasteiger partial charge is 0.462 e. The minimum atomic E-state index is -2.13. The first-order chi connectivity index (χ1) is 37.7. The number of hydrogen-bond acceptors (Lipinski definition) is 31. The standard InChI is InChI=1S/C48H68N2O29.12CH4/c1-5-35(55)68-21-41(61)74-29-47(30-75-42(62)22-69-36(56)6-2,31-76-43(63)23-70-37(57)7-3)27-67-28-48(32-77-44(64)24-71-38(58)8-4,33-78-45(65)25-72-39(59)9-11-49(13-17-51)14-18-52)34-79-46(66)26-73-40(60)10-12-50(15-19-53)16-20-54;;;;;;;;;;;;/h5-8,51-54H,1-4,9-34H2;12*1H4. The molecule has 0 aliphatic heterocycles. The number of rotatable bonds is 46. The fourth-order valence-corrected chi connectivity index (χ4v) is 5.55. The molecule has 0 aromatic heterocycles. The van der Waals surface area contributed by atoms with Crippen molar-refractivity contribution in [1.82, 2.24) is 9.80 Å². The maximum absolute atomic E-state index is 13.2. The zero-order chi connectivity index (χ0) is 59.5. The van der Waals surface area contributed by atoms with Crippen LogP contribution in [-0.2, 0) is 119 Å². The third-order valence-corrected chi connectivity index (χ3v) is 9.68. The van der Waals surface area contributed by atoms with Gasteiger partial charge in [-0.2, -0.15) is 0 Å². The Balaban J connectivity index is -0.000000461. The number of esters is 12. The molecule has 4 N–H and O–H groups in total. The number of carbonyl (C=O) groups excluding carboxylic acids is 12. The average molecular weight is 1330 g/mol. The van der Waals surface area contributed by atoms with Crippen LogP contribution in [0.5, 0.6) is 0 Å². The van der Waals surface area contributed by atoms with Crippen LogP contribution in [0.2, 0.25) is 0 Å². The van der Waals surface area contributed by atoms with Crippen molar-refractivity contribution >= 4 is 71.6 Å². The molecule has 0 fully saturated rings. The molecular formula is C60H116N2O29. The second kappa shape index (κ2) is 68.2. The van der Waals surface area contributed by atoms with Gasteiger partial charge in [0.1, 0.15) is 39.6 Å². The molecule has 0 aliphatic rings. The molecule has 540 valence electrons. The van der Waals surface area contributed by atoms with E-state index in [1.807, 2.05) is 0 Å². The minimum absolute atomic E-state index is 0. The molecule has 0 bridgehead atoms. The predicted molar refractivity (Wildman–Crippen MR) is 339 cm³/mol. The van der Waals surface area contributed by atoms with E-state index in [4.69, 9.17) is 47.4 Å². The van der Waals surface area contributed by atoms with Gasteiger partial charge in [0.15, 0.2) is 39.6 Å². The normalized spacial score (nSPS) is 9.47. The molecule has 0 atom stereocenters. The Kier molecular flexibility index (Phi) is 85.6. The highest BCUT2D eigenvalue weighted by atomic mass is 16.6. The molecule has 0 rings (SSSR count). The second-order valence-electron chi connectivity index (χ2n) is 16.1. The van der Waals surface area contributed by atoms with E-state index in [2.05, 4.69) is 40.5 Å². The quantitative estimate of drug-likeness (QED) is 0.0386. The highest BCUT2D eigenvalue weighted by Gasteiger charge is 2.41. The fourth-order valence-electron chi connectivity index (χ4n) is 5.55. The molecule has 0 saturated carbocycles. The van der Waals surface area contributed by atoms with Crippen LogP contribution in [0, 0.1) is 10.8 Å². The third kappa shape index (κ3) is 57.2. The Hall–Kier alpha value is -7.68. The van der Waals surface area contributed by atoms with Gasteiger partial charge in [-0.15, -0.1) is 0 Å². The maximum Gasteiger partial charge on any atom is 0.344 e. The van der Waals surface area contributed by atoms with Crippen LogP contribution in [0.15, 0.2) is 50.6 Å². The predicted octanol–water partition coefficient (Wildman–Crippen LogP) is 3.22. The van der Waals surface area contributed by atoms with Crippen molar-refractivity contribution < 1.29 is 140 Å². The number of ether oxygens (including phenoxy) is 13. The van der Waals surface area contributed by atoms with Gasteiger partial charge in [0.2, 0.25) is 0 Å². The summed E-state index contributed by atoms with van der Waals surface area (Å²) >= 11 is 0. The molecule has 0 radical (unpaired) electrons. The van der Waals surface area contributed by atoms with Gasteiger partial charge in [0.25, 0.3) is 0 Å². The molecule has 0 aromatic carbocycles. The molecule has 0 amide bonds. The highest BCUT2D eigenvalue weighted by molar-refractivity contribution is 5.85. The summed E-state index contributed by atoms with van der Waals surface area (Å²) in [5, 5.41) is 37.1. The summed E-state index contributed by atoms with van der Waals surface area (Å²) in [6.07, 6.45) is 2.26. The van der Waals surface area contributed by atoms with Crippen molar-refractivity contribution in [3.63, 3.8) is 0 Å². The molecule has 0 heterocycles. The summed E-state index contributed by atoms with van der Waals surface area (Å²) in [6, 6.07) is 0. The molecule has 91 heavy (non-hydrogen) atoms. The summed E-state index contributed by atoms with van der Waals surface area (Å²) in [5.41, 5.74) is -4.23. The molecule has 0 aliphatic carbocycles. The van der Waals surface area contributed by atoms with Crippen molar-refractivity contribution in [2.24, 2.45) is 10.8 Å². The lowest BCUT2D eigenvalue weighted by Gasteiger charge is -2.35. The molecule has 0 aromatic rings. The average Bonchev–Trinajstić information content (AvgIpc) is 1.85. The van der Waals surface area contributed by atoms with Crippen LogP contribution < -0.4 is 0 Å². The molecule has 31 nitrogen and oxygen atoms in total. The first kappa shape index (κ1) is 114. The first-order valence-corrected chi connectivity index (χ1v) is 23.5. The van der Waals surface area contributed by atoms with Gasteiger partial charge in [-0.05, 0) is 0 Å². The van der Waals surface area contributed by atoms with Crippen molar-refractivity contribution in [1.29, 1.82) is 0 Å². The SMILES string of the molecule is C.C.C.C.C.C.C.C.C.C.C.C.C=CC(=O)OCC(=O)OCC(COCC(COC(=O)COC(=O)C=C)(COC(=O)COC(=O)CCN(CCO)CCO)COC(=O)COC(=O)CCN(CCO)CCO)(COC(=O)COC(=O)C=C)COC(=O)COC(=O)C=C. The molecule has 0 unspecified atom stereocenters. The number of carbonyl (C=O) groups is 12. The second-order valence-corrected chi connectivity index (χ2v) is 16.1. The smallest absolute Gasteiger partial charge is 0.344 e. The third-order valence-electron chi connectivity index (χ3n) is 9.68. The summed E-state index contributed by atoms with van der Waals surface area (Å²) in [4.78, 5) is 153. The Morgan fingerprint density at radius 1 is 0.275 bits per heavy atom. The fraction of sp³-hybridized carbons (Fsp3) is 0.667. The summed E-state index contributed by atoms with van der Waals surface area (Å²) in [5.74, 6) is -13.6. The van der Waals surface area contributed by atoms with Crippen LogP contribution in [0.4, 0.5) is 0 Å². The Labute approximate surface area is 541 Å². The van der Waals surface area contributed by atoms with E-state index in [-0.39, 0.29) is 168 Å². The van der Waals surface area contributed by atoms with Crippen LogP contribution in [0.25, 0.3) is 0 Å². The van der Waals surface area contributed by atoms with Crippen molar-refractivity contribution in [2.45, 2.75) is 102 Å². The number of hydrogen-bond donors (Lipinski definition) is 4. The van der Waals surface area contributed by atoms with Crippen LogP contribution in [-0.4, -0.2) is 260 Å². The van der Waals surface area contributed by atoms with Gasteiger partial charge in [-0.1, -0.05) is 115 Å². The van der Waals surface area contributed by atoms with Gasteiger partial charge in [-0.3, -0.25) is 19.4 Å². The van der Waals surface area contributed by atoms with E-state index in [1.165, 1.54) is 9.80 Å². The Morgan fingerprint density at radius 3 is 0.637 bits per heavy atom. The lowest BCUT2D eigenvalue weighted by Crippen LogP contribution is -2.48. The van der Waals surface area contributed by atoms with Gasteiger partial charge in [0.05, 0.1) is 63.3 Å². The summed E-state index contributed by atoms with van der Waals surface area (Å²) in [6.45, 7) is -1.90. The molecule has 0 spiro atoms. The van der Waals surface area contributed by atoms with E-state index in [1.54, 1.807) is 0 Å². The van der Waals surface area contributed by atoms with Gasteiger partial charge >= 0.3 is 71.6 Å². The number of aliphatic hydroxyl groups is 4. The van der Waals surface area contributed by atoms with E-state index in [9.17, 15) is 78.0 Å². The van der Waals surface area contributed by atoms with Crippen molar-refractivity contribution in [3.8, 4) is 0 Å². The van der Waals surface area contributed by atoms with Crippen LogP contribution >= 0.6 is 0 Å². The van der Waals surface area contributed by atoms with Crippen molar-refractivity contribution in [2.75, 3.05) is 158 Å². The van der Waals surface area contributed by atoms with Gasteiger partial charge in [-0.25, -0.2) is 47.9 Å². The van der Waals surface area contributed by atoms with Gasteiger partial charge < -0.3 is 82.0 Å². The number of aliphatic hydroxyl groups excluding tert-OH is 4. The van der Waals surface area contributed by atoms with Gasteiger partial charge in [0, 0.05) is 63.6 Å². The Morgan fingerprint density at radius 2 is 0.462 bits per heavy atom. The topological polar surface area (TPSA) is 412 Å². The van der Waals surface area contributed by atoms with E-state index in [0.29, 0.717) is 0 Å². The zero-order valence-electron chi connectivity index (χ0n) is 43.4. The number of nitrogens with zero attached hydrogens (tertiary/aromatic N) is 2. The Bertz CT molecular complexity index is 1890. The monoisotopic (exact) mass is 1330 g/mol.